The fourth-order valence-corrected chi connectivity index (χ4v) is 5.46. The summed E-state index contributed by atoms with van der Waals surface area (Å²) in [5.41, 5.74) is 1.31. The zero-order valence-electron chi connectivity index (χ0n) is 21.3. The first kappa shape index (κ1) is 27.6. The maximum Gasteiger partial charge on any atom is 0.435 e. The minimum atomic E-state index is -4.63. The molecule has 0 fully saturated rings. The lowest BCUT2D eigenvalue weighted by molar-refractivity contribution is -0.142. The number of ketones is 1. The number of benzene rings is 2. The lowest BCUT2D eigenvalue weighted by atomic mass is 9.86. The van der Waals surface area contributed by atoms with Gasteiger partial charge in [0.25, 0.3) is 0 Å². The van der Waals surface area contributed by atoms with Crippen molar-refractivity contribution in [2.75, 3.05) is 0 Å². The normalized spacial score (nSPS) is 14.2. The van der Waals surface area contributed by atoms with Gasteiger partial charge in [-0.15, -0.1) is 0 Å². The number of rotatable bonds is 8. The third kappa shape index (κ3) is 6.11. The van der Waals surface area contributed by atoms with Gasteiger partial charge in [-0.05, 0) is 73.6 Å². The number of halogens is 6. The van der Waals surface area contributed by atoms with Crippen LogP contribution in [0.5, 0.6) is 0 Å². The van der Waals surface area contributed by atoms with E-state index in [9.17, 15) is 31.1 Å². The highest BCUT2D eigenvalue weighted by atomic mass is 19.4. The highest BCUT2D eigenvalue weighted by Gasteiger charge is 2.39. The number of pyridine rings is 1. The molecule has 0 unspecified atom stereocenters. The number of nitrogens with zero attached hydrogens (tertiary/aromatic N) is 3. The van der Waals surface area contributed by atoms with Gasteiger partial charge in [0, 0.05) is 41.4 Å². The Morgan fingerprint density at radius 2 is 1.68 bits per heavy atom. The van der Waals surface area contributed by atoms with Gasteiger partial charge in [-0.3, -0.25) is 14.5 Å². The number of hydrogen-bond acceptors (Lipinski definition) is 3. The topological polar surface area (TPSA) is 47.8 Å². The first-order chi connectivity index (χ1) is 19.1. The van der Waals surface area contributed by atoms with Gasteiger partial charge >= 0.3 is 6.18 Å². The van der Waals surface area contributed by atoms with Crippen LogP contribution in [0.3, 0.4) is 0 Å². The van der Waals surface area contributed by atoms with Gasteiger partial charge < -0.3 is 0 Å². The molecule has 2 aromatic heterocycles. The monoisotopic (exact) mass is 557 g/mol. The zero-order chi connectivity index (χ0) is 28.4. The molecular formula is C30H25F6N3O. The number of fused-ring (bicyclic) bond motifs is 1. The molecule has 1 aliphatic rings. The van der Waals surface area contributed by atoms with Crippen LogP contribution in [0.2, 0.25) is 0 Å². The second-order valence-electron chi connectivity index (χ2n) is 10.0. The van der Waals surface area contributed by atoms with Crippen LogP contribution in [0.15, 0.2) is 60.8 Å². The molecule has 1 atom stereocenters. The molecule has 0 N–H and O–H groups in total. The van der Waals surface area contributed by atoms with Crippen molar-refractivity contribution in [1.82, 2.24) is 14.8 Å². The molecule has 0 saturated heterocycles. The average Bonchev–Trinajstić information content (AvgIpc) is 3.27. The van der Waals surface area contributed by atoms with Gasteiger partial charge in [-0.2, -0.15) is 18.3 Å². The molecule has 0 spiro atoms. The number of carbonyl (C=O) groups excluding carboxylic acids is 1. The molecule has 10 heteroatoms. The van der Waals surface area contributed by atoms with Crippen molar-refractivity contribution in [3.05, 3.63) is 106 Å². The van der Waals surface area contributed by atoms with E-state index in [0.29, 0.717) is 41.8 Å². The second kappa shape index (κ2) is 11.3. The molecular weight excluding hydrogens is 532 g/mol. The van der Waals surface area contributed by atoms with Crippen molar-refractivity contribution in [3.8, 4) is 11.1 Å². The highest BCUT2D eigenvalue weighted by Crippen LogP contribution is 2.37. The van der Waals surface area contributed by atoms with E-state index in [-0.39, 0.29) is 36.9 Å². The van der Waals surface area contributed by atoms with Crippen LogP contribution in [0.1, 0.15) is 53.4 Å². The quantitative estimate of drug-likeness (QED) is 0.215. The molecule has 0 amide bonds. The van der Waals surface area contributed by atoms with Gasteiger partial charge in [0.1, 0.15) is 17.5 Å². The van der Waals surface area contributed by atoms with Crippen LogP contribution in [-0.4, -0.2) is 20.5 Å². The summed E-state index contributed by atoms with van der Waals surface area (Å²) in [4.78, 5) is 17.8. The summed E-state index contributed by atoms with van der Waals surface area (Å²) in [5, 5.41) is 3.78. The third-order valence-electron chi connectivity index (χ3n) is 7.09. The molecule has 4 nitrogen and oxygen atoms in total. The Morgan fingerprint density at radius 1 is 0.925 bits per heavy atom. The zero-order valence-corrected chi connectivity index (χ0v) is 21.3. The number of carbonyl (C=O) groups is 1. The van der Waals surface area contributed by atoms with E-state index in [1.165, 1.54) is 24.4 Å². The molecule has 0 saturated carbocycles. The molecule has 5 rings (SSSR count). The number of hydrogen-bond donors (Lipinski definition) is 0. The van der Waals surface area contributed by atoms with Crippen LogP contribution in [0.25, 0.3) is 11.1 Å². The van der Waals surface area contributed by atoms with Crippen LogP contribution in [-0.2, 0) is 36.8 Å². The molecule has 2 aromatic carbocycles. The maximum absolute atomic E-state index is 14.0. The van der Waals surface area contributed by atoms with Crippen molar-refractivity contribution in [2.24, 2.45) is 0 Å². The number of Topliss-reactive ketones (excluding diaryl/α,β-unsaturated/α-hetero) is 1. The standard InChI is InChI=1S/C30H25F6N3O/c31-21-6-3-5-19(14-21)25-8-4-10-37-28(25)20(11-18-12-22(32)16-23(33)13-18)15-24(40)17-39-27-9-2-1-7-26(27)29(38-39)30(34,35)36/h3-6,8,10,12-14,16,20H,1-2,7,9,11,15,17H2/t20-/m1/s1. The Labute approximate surface area is 226 Å². The van der Waals surface area contributed by atoms with Crippen molar-refractivity contribution in [1.29, 1.82) is 0 Å². The van der Waals surface area contributed by atoms with Crippen LogP contribution in [0, 0.1) is 17.5 Å². The fraction of sp³-hybridized carbons (Fsp3) is 0.300. The minimum Gasteiger partial charge on any atom is -0.298 e. The van der Waals surface area contributed by atoms with Gasteiger partial charge in [0.2, 0.25) is 0 Å². The molecule has 0 bridgehead atoms. The Bertz CT molecular complexity index is 1520. The highest BCUT2D eigenvalue weighted by molar-refractivity contribution is 5.80. The van der Waals surface area contributed by atoms with Crippen molar-refractivity contribution in [3.63, 3.8) is 0 Å². The Kier molecular flexibility index (Phi) is 7.78. The third-order valence-corrected chi connectivity index (χ3v) is 7.09. The number of aromatic nitrogens is 3. The van der Waals surface area contributed by atoms with E-state index in [1.807, 2.05) is 0 Å². The van der Waals surface area contributed by atoms with E-state index in [1.54, 1.807) is 18.2 Å². The Balaban J connectivity index is 1.50. The van der Waals surface area contributed by atoms with E-state index >= 15 is 0 Å². The van der Waals surface area contributed by atoms with Crippen molar-refractivity contribution in [2.45, 2.75) is 57.2 Å². The molecule has 0 aliphatic heterocycles. The predicted octanol–water partition coefficient (Wildman–Crippen LogP) is 7.25. The van der Waals surface area contributed by atoms with Crippen LogP contribution >= 0.6 is 0 Å². The van der Waals surface area contributed by atoms with Crippen molar-refractivity contribution >= 4 is 5.78 Å². The lowest BCUT2D eigenvalue weighted by Crippen LogP contribution is -2.19. The van der Waals surface area contributed by atoms with Gasteiger partial charge in [-0.25, -0.2) is 13.2 Å². The van der Waals surface area contributed by atoms with Gasteiger partial charge in [0.05, 0.1) is 12.2 Å². The molecule has 2 heterocycles. The molecule has 208 valence electrons. The van der Waals surface area contributed by atoms with E-state index in [0.717, 1.165) is 22.9 Å². The SMILES string of the molecule is O=C(C[C@@H](Cc1cc(F)cc(F)c1)c1ncccc1-c1cccc(F)c1)Cn1nc(C(F)(F)F)c2c1CCCC2. The summed E-state index contributed by atoms with van der Waals surface area (Å²) in [6.07, 6.45) is -1.35. The Morgan fingerprint density at radius 3 is 2.40 bits per heavy atom. The predicted molar refractivity (Wildman–Crippen MR) is 136 cm³/mol. The Hall–Kier alpha value is -3.95. The minimum absolute atomic E-state index is 0.0186. The summed E-state index contributed by atoms with van der Waals surface area (Å²) >= 11 is 0. The average molecular weight is 558 g/mol. The molecule has 1 aliphatic carbocycles. The summed E-state index contributed by atoms with van der Waals surface area (Å²) in [5.74, 6) is -3.16. The van der Waals surface area contributed by atoms with Crippen molar-refractivity contribution < 1.29 is 31.1 Å². The lowest BCUT2D eigenvalue weighted by Gasteiger charge is -2.20. The fourth-order valence-electron chi connectivity index (χ4n) is 5.46. The van der Waals surface area contributed by atoms with E-state index < -0.39 is 41.0 Å². The first-order valence-electron chi connectivity index (χ1n) is 12.9. The molecule has 40 heavy (non-hydrogen) atoms. The molecule has 4 aromatic rings. The maximum atomic E-state index is 14.0. The van der Waals surface area contributed by atoms with E-state index in [2.05, 4.69) is 10.1 Å². The van der Waals surface area contributed by atoms with Crippen LogP contribution < -0.4 is 0 Å². The largest absolute Gasteiger partial charge is 0.435 e. The smallest absolute Gasteiger partial charge is 0.298 e. The number of alkyl halides is 3. The van der Waals surface area contributed by atoms with Gasteiger partial charge in [-0.1, -0.05) is 18.2 Å². The second-order valence-corrected chi connectivity index (χ2v) is 10.0. The molecule has 0 radical (unpaired) electrons. The van der Waals surface area contributed by atoms with Crippen LogP contribution in [0.4, 0.5) is 26.3 Å². The summed E-state index contributed by atoms with van der Waals surface area (Å²) in [6, 6.07) is 12.2. The van der Waals surface area contributed by atoms with Gasteiger partial charge in [0.15, 0.2) is 11.5 Å². The summed E-state index contributed by atoms with van der Waals surface area (Å²) < 4.78 is 84.1. The summed E-state index contributed by atoms with van der Waals surface area (Å²) in [6.45, 7) is -0.380. The summed E-state index contributed by atoms with van der Waals surface area (Å²) in [7, 11) is 0. The first-order valence-corrected chi connectivity index (χ1v) is 12.9. The van der Waals surface area contributed by atoms with E-state index in [4.69, 9.17) is 0 Å².